The minimum atomic E-state index is -0.509. The van der Waals surface area contributed by atoms with Crippen molar-refractivity contribution in [1.29, 1.82) is 0 Å². The lowest BCUT2D eigenvalue weighted by molar-refractivity contribution is 0.0519. The number of aromatic nitrogens is 4. The first-order valence-electron chi connectivity index (χ1n) is 9.04. The van der Waals surface area contributed by atoms with Crippen LogP contribution in [0.4, 0.5) is 4.39 Å². The molecule has 0 unspecified atom stereocenters. The number of hydrogen-bond donors (Lipinski definition) is 0. The van der Waals surface area contributed by atoms with Crippen molar-refractivity contribution in [3.63, 3.8) is 0 Å². The number of aryl methyl sites for hydroxylation is 1. The number of carbonyl (C=O) groups is 1. The van der Waals surface area contributed by atoms with Gasteiger partial charge in [-0.15, -0.1) is 0 Å². The highest BCUT2D eigenvalue weighted by molar-refractivity contribution is 9.10. The Balaban J connectivity index is 1.96. The van der Waals surface area contributed by atoms with E-state index in [1.807, 2.05) is 36.0 Å². The van der Waals surface area contributed by atoms with Crippen LogP contribution in [0.15, 0.2) is 47.1 Å². The van der Waals surface area contributed by atoms with Crippen LogP contribution in [-0.2, 0) is 11.8 Å². The van der Waals surface area contributed by atoms with Crippen molar-refractivity contribution >= 4 is 32.8 Å². The van der Waals surface area contributed by atoms with Crippen molar-refractivity contribution < 1.29 is 13.9 Å². The number of nitrogens with zero attached hydrogens (tertiary/aromatic N) is 4. The van der Waals surface area contributed by atoms with Crippen LogP contribution in [0.3, 0.4) is 0 Å². The maximum Gasteiger partial charge on any atom is 0.358 e. The Morgan fingerprint density at radius 3 is 2.76 bits per heavy atom. The van der Waals surface area contributed by atoms with Gasteiger partial charge in [0.1, 0.15) is 11.6 Å². The Bertz CT molecular complexity index is 1250. The topological polar surface area (TPSA) is 61.9 Å². The number of benzene rings is 2. The molecule has 0 aliphatic heterocycles. The lowest BCUT2D eigenvalue weighted by Gasteiger charge is -2.11. The minimum absolute atomic E-state index is 0.205. The number of ether oxygens (including phenoxy) is 1. The van der Waals surface area contributed by atoms with Gasteiger partial charge in [-0.05, 0) is 66.2 Å². The number of esters is 1. The summed E-state index contributed by atoms with van der Waals surface area (Å²) in [6.07, 6.45) is 1.91. The molecular formula is C21H18BrFN4O2. The first kappa shape index (κ1) is 19.3. The van der Waals surface area contributed by atoms with Crippen molar-refractivity contribution in [2.24, 2.45) is 7.05 Å². The normalized spacial score (nSPS) is 11.2. The third-order valence-electron chi connectivity index (χ3n) is 4.61. The van der Waals surface area contributed by atoms with Gasteiger partial charge in [-0.1, -0.05) is 0 Å². The third kappa shape index (κ3) is 3.44. The van der Waals surface area contributed by atoms with Crippen LogP contribution in [0, 0.1) is 12.7 Å². The molecule has 0 aliphatic rings. The van der Waals surface area contributed by atoms with Gasteiger partial charge in [-0.3, -0.25) is 9.25 Å². The van der Waals surface area contributed by atoms with E-state index >= 15 is 0 Å². The van der Waals surface area contributed by atoms with E-state index in [2.05, 4.69) is 26.0 Å². The molecular weight excluding hydrogens is 439 g/mol. The predicted octanol–water partition coefficient (Wildman–Crippen LogP) is 4.81. The molecule has 8 heteroatoms. The van der Waals surface area contributed by atoms with E-state index in [-0.39, 0.29) is 12.3 Å². The molecule has 148 valence electrons. The Morgan fingerprint density at radius 2 is 2.03 bits per heavy atom. The molecule has 0 saturated carbocycles. The van der Waals surface area contributed by atoms with Gasteiger partial charge >= 0.3 is 5.97 Å². The van der Waals surface area contributed by atoms with Gasteiger partial charge < -0.3 is 4.74 Å². The highest BCUT2D eigenvalue weighted by atomic mass is 79.9. The monoisotopic (exact) mass is 456 g/mol. The van der Waals surface area contributed by atoms with Gasteiger partial charge in [0.05, 0.1) is 22.3 Å². The molecule has 0 spiro atoms. The molecule has 0 bridgehead atoms. The van der Waals surface area contributed by atoms with Crippen molar-refractivity contribution in [3.8, 4) is 17.1 Å². The summed E-state index contributed by atoms with van der Waals surface area (Å²) in [5.74, 6) is -0.458. The Labute approximate surface area is 175 Å². The summed E-state index contributed by atoms with van der Waals surface area (Å²) in [6.45, 7) is 3.78. The molecule has 0 fully saturated rings. The maximum absolute atomic E-state index is 14.2. The summed E-state index contributed by atoms with van der Waals surface area (Å²) in [5.41, 5.74) is 3.03. The third-order valence-corrected chi connectivity index (χ3v) is 5.26. The van der Waals surface area contributed by atoms with E-state index in [1.54, 1.807) is 30.7 Å². The van der Waals surface area contributed by atoms with Crippen molar-refractivity contribution in [1.82, 2.24) is 19.3 Å². The Morgan fingerprint density at radius 1 is 1.24 bits per heavy atom. The van der Waals surface area contributed by atoms with E-state index in [0.717, 1.165) is 16.6 Å². The molecule has 6 nitrogen and oxygen atoms in total. The quantitative estimate of drug-likeness (QED) is 0.413. The molecule has 0 atom stereocenters. The predicted molar refractivity (Wildman–Crippen MR) is 112 cm³/mol. The van der Waals surface area contributed by atoms with Crippen LogP contribution in [0.2, 0.25) is 0 Å². The number of carbonyl (C=O) groups excluding carboxylic acids is 1. The van der Waals surface area contributed by atoms with Crippen LogP contribution in [0.25, 0.3) is 28.0 Å². The summed E-state index contributed by atoms with van der Waals surface area (Å²) in [7, 11) is 1.86. The summed E-state index contributed by atoms with van der Waals surface area (Å²) in [6, 6.07) is 10.5. The summed E-state index contributed by atoms with van der Waals surface area (Å²) in [5, 5.41) is 5.34. The smallest absolute Gasteiger partial charge is 0.358 e. The van der Waals surface area contributed by atoms with Crippen LogP contribution in [0.5, 0.6) is 0 Å². The number of fused-ring (bicyclic) bond motifs is 1. The lowest BCUT2D eigenvalue weighted by Crippen LogP contribution is -2.07. The molecule has 2 aromatic carbocycles. The average Bonchev–Trinajstić information content (AvgIpc) is 3.22. The first-order chi connectivity index (χ1) is 13.9. The fourth-order valence-electron chi connectivity index (χ4n) is 3.31. The summed E-state index contributed by atoms with van der Waals surface area (Å²) in [4.78, 5) is 17.0. The van der Waals surface area contributed by atoms with Crippen LogP contribution < -0.4 is 0 Å². The van der Waals surface area contributed by atoms with E-state index in [0.29, 0.717) is 21.6 Å². The molecule has 29 heavy (non-hydrogen) atoms. The Kier molecular flexibility index (Phi) is 4.96. The second-order valence-corrected chi connectivity index (χ2v) is 7.45. The fourth-order valence-corrected chi connectivity index (χ4v) is 3.56. The number of halogens is 2. The zero-order valence-corrected chi connectivity index (χ0v) is 17.7. The molecule has 4 rings (SSSR count). The second-order valence-electron chi connectivity index (χ2n) is 6.60. The molecule has 2 aromatic heterocycles. The number of hydrogen-bond acceptors (Lipinski definition) is 4. The standard InChI is InChI=1S/C21H18BrFN4O2/c1-4-29-21(28)19-12(2)27(15-6-8-18-14(9-15)11-26(3)25-18)20(24-19)13-5-7-16(22)17(23)10-13/h5-11H,4H2,1-3H3. The molecule has 0 radical (unpaired) electrons. The Hall–Kier alpha value is -3.00. The molecule has 0 saturated heterocycles. The van der Waals surface area contributed by atoms with Crippen LogP contribution in [0.1, 0.15) is 23.1 Å². The minimum Gasteiger partial charge on any atom is -0.461 e. The van der Waals surface area contributed by atoms with Crippen LogP contribution >= 0.6 is 15.9 Å². The SMILES string of the molecule is CCOC(=O)c1nc(-c2ccc(Br)c(F)c2)n(-c2ccc3nn(C)cc3c2)c1C. The first-order valence-corrected chi connectivity index (χ1v) is 9.84. The molecule has 0 aliphatic carbocycles. The highest BCUT2D eigenvalue weighted by Crippen LogP contribution is 2.30. The zero-order chi connectivity index (χ0) is 20.7. The van der Waals surface area contributed by atoms with Gasteiger partial charge in [-0.2, -0.15) is 5.10 Å². The largest absolute Gasteiger partial charge is 0.461 e. The van der Waals surface area contributed by atoms with E-state index in [1.165, 1.54) is 6.07 Å². The van der Waals surface area contributed by atoms with Crippen molar-refractivity contribution in [2.75, 3.05) is 6.61 Å². The zero-order valence-electron chi connectivity index (χ0n) is 16.1. The average molecular weight is 457 g/mol. The van der Waals surface area contributed by atoms with Gasteiger partial charge in [0.2, 0.25) is 0 Å². The molecule has 0 N–H and O–H groups in total. The molecule has 4 aromatic rings. The van der Waals surface area contributed by atoms with Crippen molar-refractivity contribution in [3.05, 3.63) is 64.3 Å². The van der Waals surface area contributed by atoms with E-state index < -0.39 is 11.8 Å². The van der Waals surface area contributed by atoms with Gasteiger partial charge in [0.25, 0.3) is 0 Å². The number of rotatable bonds is 4. The summed E-state index contributed by atoms with van der Waals surface area (Å²) >= 11 is 3.17. The van der Waals surface area contributed by atoms with E-state index in [9.17, 15) is 9.18 Å². The number of imidazole rings is 1. The maximum atomic E-state index is 14.2. The molecule has 0 amide bonds. The fraction of sp³-hybridized carbons (Fsp3) is 0.190. The second kappa shape index (κ2) is 7.44. The van der Waals surface area contributed by atoms with Gasteiger partial charge in [0.15, 0.2) is 5.69 Å². The van der Waals surface area contributed by atoms with Crippen molar-refractivity contribution in [2.45, 2.75) is 13.8 Å². The van der Waals surface area contributed by atoms with Gasteiger partial charge in [0, 0.05) is 29.9 Å². The van der Waals surface area contributed by atoms with E-state index in [4.69, 9.17) is 4.74 Å². The highest BCUT2D eigenvalue weighted by Gasteiger charge is 2.23. The lowest BCUT2D eigenvalue weighted by atomic mass is 10.2. The van der Waals surface area contributed by atoms with Crippen LogP contribution in [-0.4, -0.2) is 31.9 Å². The van der Waals surface area contributed by atoms with Gasteiger partial charge in [-0.25, -0.2) is 14.2 Å². The molecule has 2 heterocycles. The summed E-state index contributed by atoms with van der Waals surface area (Å²) < 4.78 is 23.3.